The van der Waals surface area contributed by atoms with Gasteiger partial charge >= 0.3 is 0 Å². The fraction of sp³-hybridized carbons (Fsp3) is 1.00. The number of hydrogen-bond donors (Lipinski definition) is 0. The molecule has 0 aromatic rings. The molecule has 3 saturated heterocycles. The van der Waals surface area contributed by atoms with E-state index in [1.165, 1.54) is 12.8 Å². The number of rotatable bonds is 0. The Morgan fingerprint density at radius 3 is 2.10 bits per heavy atom. The molecule has 0 amide bonds. The second-order valence-electron chi connectivity index (χ2n) is 3.37. The normalized spacial score (nSPS) is 58.5. The molecular weight excluding hydrogens is 130 g/mol. The highest BCUT2D eigenvalue weighted by Crippen LogP contribution is 2.42. The summed E-state index contributed by atoms with van der Waals surface area (Å²) in [4.78, 5) is 2.21. The lowest BCUT2D eigenvalue weighted by molar-refractivity contribution is 0.144. The number of fused-ring (bicyclic) bond motifs is 2. The van der Waals surface area contributed by atoms with Crippen molar-refractivity contribution in [2.75, 3.05) is 7.05 Å². The SMILES string of the molecule is CN1C2OC2CCC2OC21. The first kappa shape index (κ1) is 5.52. The van der Waals surface area contributed by atoms with E-state index in [1.807, 2.05) is 0 Å². The summed E-state index contributed by atoms with van der Waals surface area (Å²) >= 11 is 0. The van der Waals surface area contributed by atoms with Gasteiger partial charge in [-0.3, -0.25) is 4.90 Å². The van der Waals surface area contributed by atoms with Crippen LogP contribution in [-0.4, -0.2) is 36.6 Å². The van der Waals surface area contributed by atoms with Crippen LogP contribution < -0.4 is 0 Å². The van der Waals surface area contributed by atoms with E-state index >= 15 is 0 Å². The largest absolute Gasteiger partial charge is 0.353 e. The van der Waals surface area contributed by atoms with E-state index in [0.717, 1.165) is 0 Å². The van der Waals surface area contributed by atoms with E-state index in [9.17, 15) is 0 Å². The van der Waals surface area contributed by atoms with Crippen LogP contribution in [0.25, 0.3) is 0 Å². The van der Waals surface area contributed by atoms with Crippen LogP contribution in [0.1, 0.15) is 12.8 Å². The maximum Gasteiger partial charge on any atom is 0.139 e. The second-order valence-corrected chi connectivity index (χ2v) is 3.37. The third-order valence-electron chi connectivity index (χ3n) is 2.65. The molecule has 0 aromatic carbocycles. The van der Waals surface area contributed by atoms with Crippen molar-refractivity contribution in [3.8, 4) is 0 Å². The van der Waals surface area contributed by atoms with E-state index in [4.69, 9.17) is 9.47 Å². The lowest BCUT2D eigenvalue weighted by atomic mass is 10.2. The van der Waals surface area contributed by atoms with E-state index in [1.54, 1.807) is 0 Å². The first-order chi connectivity index (χ1) is 4.86. The number of likely N-dealkylation sites (N-methyl/N-ethyl adjacent to an activating group) is 1. The molecule has 56 valence electrons. The molecular formula is C7H11NO2. The van der Waals surface area contributed by atoms with Crippen molar-refractivity contribution in [1.82, 2.24) is 4.90 Å². The van der Waals surface area contributed by atoms with Gasteiger partial charge in [-0.25, -0.2) is 0 Å². The average Bonchev–Trinajstić information content (AvgIpc) is 2.76. The third kappa shape index (κ3) is 0.603. The van der Waals surface area contributed by atoms with Crippen LogP contribution in [0.2, 0.25) is 0 Å². The topological polar surface area (TPSA) is 28.3 Å². The summed E-state index contributed by atoms with van der Waals surface area (Å²) in [6.45, 7) is 0. The molecule has 0 N–H and O–H groups in total. The van der Waals surface area contributed by atoms with Crippen LogP contribution in [0, 0.1) is 0 Å². The Morgan fingerprint density at radius 1 is 1.10 bits per heavy atom. The minimum Gasteiger partial charge on any atom is -0.353 e. The van der Waals surface area contributed by atoms with Crippen molar-refractivity contribution < 1.29 is 9.47 Å². The number of nitrogens with zero attached hydrogens (tertiary/aromatic N) is 1. The van der Waals surface area contributed by atoms with Crippen molar-refractivity contribution >= 4 is 0 Å². The summed E-state index contributed by atoms with van der Waals surface area (Å²) in [5.41, 5.74) is 0. The van der Waals surface area contributed by atoms with Gasteiger partial charge < -0.3 is 9.47 Å². The number of hydrogen-bond acceptors (Lipinski definition) is 3. The molecule has 3 fully saturated rings. The zero-order valence-corrected chi connectivity index (χ0v) is 5.99. The van der Waals surface area contributed by atoms with Crippen LogP contribution in [0.15, 0.2) is 0 Å². The first-order valence-electron chi connectivity index (χ1n) is 3.89. The lowest BCUT2D eigenvalue weighted by Gasteiger charge is -2.07. The molecule has 4 unspecified atom stereocenters. The van der Waals surface area contributed by atoms with E-state index < -0.39 is 0 Å². The Morgan fingerprint density at radius 2 is 1.60 bits per heavy atom. The molecule has 0 saturated carbocycles. The summed E-state index contributed by atoms with van der Waals surface area (Å²) in [7, 11) is 2.08. The lowest BCUT2D eigenvalue weighted by Crippen LogP contribution is -2.26. The highest BCUT2D eigenvalue weighted by atomic mass is 16.7. The molecule has 0 bridgehead atoms. The van der Waals surface area contributed by atoms with Crippen LogP contribution >= 0.6 is 0 Å². The highest BCUT2D eigenvalue weighted by molar-refractivity contribution is 4.97. The van der Waals surface area contributed by atoms with Gasteiger partial charge in [0.25, 0.3) is 0 Å². The number of likely N-dealkylation sites (tertiary alicyclic amines) is 1. The summed E-state index contributed by atoms with van der Waals surface area (Å²) in [6, 6.07) is 0. The van der Waals surface area contributed by atoms with Gasteiger partial charge in [-0.15, -0.1) is 0 Å². The van der Waals surface area contributed by atoms with Crippen molar-refractivity contribution in [3.63, 3.8) is 0 Å². The quantitative estimate of drug-likeness (QED) is 0.450. The Hall–Kier alpha value is -0.120. The fourth-order valence-electron chi connectivity index (χ4n) is 1.88. The van der Waals surface area contributed by atoms with Crippen molar-refractivity contribution in [3.05, 3.63) is 0 Å². The van der Waals surface area contributed by atoms with Gasteiger partial charge in [-0.1, -0.05) is 0 Å². The van der Waals surface area contributed by atoms with Gasteiger partial charge in [0.1, 0.15) is 12.5 Å². The standard InChI is InChI=1S/C7H11NO2/c1-8-6-4(9-6)2-3-5-7(8)10-5/h4-7H,2-3H2,1H3. The minimum absolute atomic E-state index is 0.387. The third-order valence-corrected chi connectivity index (χ3v) is 2.65. The molecule has 3 heterocycles. The molecule has 3 aliphatic heterocycles. The summed E-state index contributed by atoms with van der Waals surface area (Å²) in [5, 5.41) is 0. The molecule has 3 heteroatoms. The number of epoxide rings is 2. The Kier molecular flexibility index (Phi) is 0.854. The maximum atomic E-state index is 5.41. The Bertz CT molecular complexity index is 155. The van der Waals surface area contributed by atoms with Crippen molar-refractivity contribution in [1.29, 1.82) is 0 Å². The average molecular weight is 141 g/mol. The Labute approximate surface area is 59.9 Å². The molecule has 3 rings (SSSR count). The minimum atomic E-state index is 0.387. The molecule has 0 radical (unpaired) electrons. The van der Waals surface area contributed by atoms with Gasteiger partial charge in [0.2, 0.25) is 0 Å². The molecule has 0 spiro atoms. The summed E-state index contributed by atoms with van der Waals surface area (Å²) in [5.74, 6) is 0. The van der Waals surface area contributed by atoms with Crippen molar-refractivity contribution in [2.24, 2.45) is 0 Å². The first-order valence-corrected chi connectivity index (χ1v) is 3.89. The smallest absolute Gasteiger partial charge is 0.139 e. The van der Waals surface area contributed by atoms with Crippen LogP contribution in [-0.2, 0) is 9.47 Å². The van der Waals surface area contributed by atoms with Gasteiger partial charge in [0, 0.05) is 0 Å². The molecule has 0 aliphatic carbocycles. The summed E-state index contributed by atoms with van der Waals surface area (Å²) < 4.78 is 10.8. The van der Waals surface area contributed by atoms with E-state index in [0.29, 0.717) is 24.7 Å². The fourth-order valence-corrected chi connectivity index (χ4v) is 1.88. The zero-order valence-electron chi connectivity index (χ0n) is 5.99. The van der Waals surface area contributed by atoms with Gasteiger partial charge in [0.05, 0.1) is 12.2 Å². The highest BCUT2D eigenvalue weighted by Gasteiger charge is 2.55. The zero-order chi connectivity index (χ0) is 6.72. The molecule has 4 atom stereocenters. The van der Waals surface area contributed by atoms with Crippen LogP contribution in [0.4, 0.5) is 0 Å². The number of ether oxygens (including phenoxy) is 2. The van der Waals surface area contributed by atoms with Crippen molar-refractivity contribution in [2.45, 2.75) is 37.5 Å². The Balaban J connectivity index is 1.82. The van der Waals surface area contributed by atoms with Gasteiger partial charge in [-0.05, 0) is 19.9 Å². The molecule has 3 aliphatic rings. The molecule has 10 heavy (non-hydrogen) atoms. The van der Waals surface area contributed by atoms with E-state index in [2.05, 4.69) is 11.9 Å². The second kappa shape index (κ2) is 1.55. The van der Waals surface area contributed by atoms with Gasteiger partial charge in [-0.2, -0.15) is 0 Å². The van der Waals surface area contributed by atoms with Crippen LogP contribution in [0.3, 0.4) is 0 Å². The maximum absolute atomic E-state index is 5.41. The predicted octanol–water partition coefficient (Wildman–Crippen LogP) is 0.162. The molecule has 0 aromatic heterocycles. The summed E-state index contributed by atoms with van der Waals surface area (Å²) in [6.07, 6.45) is 4.21. The molecule has 3 nitrogen and oxygen atoms in total. The van der Waals surface area contributed by atoms with Crippen LogP contribution in [0.5, 0.6) is 0 Å². The van der Waals surface area contributed by atoms with Gasteiger partial charge in [0.15, 0.2) is 0 Å². The predicted molar refractivity (Wildman–Crippen MR) is 34.3 cm³/mol. The monoisotopic (exact) mass is 141 g/mol. The van der Waals surface area contributed by atoms with E-state index in [-0.39, 0.29) is 0 Å².